The monoisotopic (exact) mass is 365 g/mol. The van der Waals surface area contributed by atoms with Gasteiger partial charge in [-0.05, 0) is 38.1 Å². The van der Waals surface area contributed by atoms with Gasteiger partial charge in [0.1, 0.15) is 5.75 Å². The Kier molecular flexibility index (Phi) is 6.06. The molecule has 0 saturated heterocycles. The van der Waals surface area contributed by atoms with Crippen LogP contribution in [0.2, 0.25) is 10.0 Å². The number of anilines is 1. The number of nitrogens with one attached hydrogen (secondary N) is 2. The van der Waals surface area contributed by atoms with Crippen LogP contribution >= 0.6 is 23.2 Å². The second kappa shape index (κ2) is 8.04. The first-order valence-corrected chi connectivity index (χ1v) is 7.94. The number of hydrogen-bond acceptors (Lipinski definition) is 4. The maximum absolute atomic E-state index is 11.8. The fraction of sp³-hybridized carbons (Fsp3) is 0.176. The summed E-state index contributed by atoms with van der Waals surface area (Å²) in [6, 6.07) is 10.6. The van der Waals surface area contributed by atoms with Gasteiger partial charge in [-0.3, -0.25) is 4.79 Å². The first-order valence-electron chi connectivity index (χ1n) is 7.19. The van der Waals surface area contributed by atoms with Crippen molar-refractivity contribution in [1.82, 2.24) is 5.43 Å². The number of hydrazone groups is 1. The Morgan fingerprint density at radius 3 is 2.54 bits per heavy atom. The summed E-state index contributed by atoms with van der Waals surface area (Å²) in [7, 11) is 0. The number of halogens is 2. The Morgan fingerprint density at radius 1 is 1.21 bits per heavy atom. The number of benzene rings is 2. The zero-order valence-corrected chi connectivity index (χ0v) is 14.7. The van der Waals surface area contributed by atoms with Crippen molar-refractivity contribution in [2.45, 2.75) is 13.8 Å². The molecule has 7 heteroatoms. The molecule has 1 amide bonds. The molecule has 3 N–H and O–H groups in total. The van der Waals surface area contributed by atoms with Crippen molar-refractivity contribution in [2.24, 2.45) is 5.10 Å². The summed E-state index contributed by atoms with van der Waals surface area (Å²) in [4.78, 5) is 11.8. The highest BCUT2D eigenvalue weighted by Gasteiger charge is 2.11. The minimum Gasteiger partial charge on any atom is -0.506 e. The molecule has 2 aromatic carbocycles. The van der Waals surface area contributed by atoms with E-state index < -0.39 is 0 Å². The summed E-state index contributed by atoms with van der Waals surface area (Å²) < 4.78 is 0. The fourth-order valence-electron chi connectivity index (χ4n) is 1.94. The summed E-state index contributed by atoms with van der Waals surface area (Å²) in [6.07, 6.45) is 0. The van der Waals surface area contributed by atoms with Gasteiger partial charge in [-0.1, -0.05) is 40.9 Å². The molecule has 0 aliphatic rings. The number of aromatic hydroxyl groups is 1. The van der Waals surface area contributed by atoms with Gasteiger partial charge in [-0.25, -0.2) is 5.43 Å². The lowest BCUT2D eigenvalue weighted by Gasteiger charge is -2.08. The highest BCUT2D eigenvalue weighted by molar-refractivity contribution is 6.36. The molecular formula is C17H17Cl2N3O2. The second-order valence-corrected chi connectivity index (χ2v) is 6.08. The molecule has 2 aromatic rings. The van der Waals surface area contributed by atoms with Crippen LogP contribution in [-0.2, 0) is 4.79 Å². The van der Waals surface area contributed by atoms with Crippen LogP contribution in [0, 0.1) is 6.92 Å². The Bertz CT molecular complexity index is 774. The molecule has 24 heavy (non-hydrogen) atoms. The smallest absolute Gasteiger partial charge is 0.259 e. The SMILES string of the molecule is C/C(=N\NC(=O)CNc1ccc(C)cc1)c1cc(Cl)cc(Cl)c1O. The van der Waals surface area contributed by atoms with Gasteiger partial charge >= 0.3 is 0 Å². The molecule has 0 aromatic heterocycles. The number of aryl methyl sites for hydroxylation is 1. The predicted molar refractivity (Wildman–Crippen MR) is 98.1 cm³/mol. The first-order chi connectivity index (χ1) is 11.4. The molecule has 0 bridgehead atoms. The topological polar surface area (TPSA) is 73.7 Å². The van der Waals surface area contributed by atoms with E-state index in [1.54, 1.807) is 6.92 Å². The number of amides is 1. The summed E-state index contributed by atoms with van der Waals surface area (Å²) >= 11 is 11.8. The quantitative estimate of drug-likeness (QED) is 0.554. The number of hydrogen-bond donors (Lipinski definition) is 3. The molecule has 0 spiro atoms. The van der Waals surface area contributed by atoms with Gasteiger partial charge in [0, 0.05) is 16.3 Å². The second-order valence-electron chi connectivity index (χ2n) is 5.24. The lowest BCUT2D eigenvalue weighted by atomic mass is 10.1. The van der Waals surface area contributed by atoms with Crippen LogP contribution in [0.1, 0.15) is 18.1 Å². The summed E-state index contributed by atoms with van der Waals surface area (Å²) in [5, 5.41) is 17.4. The molecule has 0 fully saturated rings. The molecule has 0 heterocycles. The standard InChI is InChI=1S/C17H17Cl2N3O2/c1-10-3-5-13(6-4-10)20-9-16(23)22-21-11(2)14-7-12(18)8-15(19)17(14)24/h3-8,20,24H,9H2,1-2H3,(H,22,23)/b21-11+. The molecule has 126 valence electrons. The Hall–Kier alpha value is -2.24. The van der Waals surface area contributed by atoms with Crippen molar-refractivity contribution < 1.29 is 9.90 Å². The minimum atomic E-state index is -0.317. The van der Waals surface area contributed by atoms with E-state index in [4.69, 9.17) is 23.2 Å². The predicted octanol–water partition coefficient (Wildman–Crippen LogP) is 3.96. The van der Waals surface area contributed by atoms with Gasteiger partial charge in [-0.2, -0.15) is 5.10 Å². The van der Waals surface area contributed by atoms with E-state index in [0.717, 1.165) is 11.3 Å². The van der Waals surface area contributed by atoms with Crippen LogP contribution in [0.25, 0.3) is 0 Å². The number of phenols is 1. The van der Waals surface area contributed by atoms with Crippen molar-refractivity contribution in [3.05, 3.63) is 57.6 Å². The fourth-order valence-corrected chi connectivity index (χ4v) is 2.43. The van der Waals surface area contributed by atoms with Crippen molar-refractivity contribution in [3.63, 3.8) is 0 Å². The van der Waals surface area contributed by atoms with Crippen LogP contribution in [0.3, 0.4) is 0 Å². The van der Waals surface area contributed by atoms with Gasteiger partial charge < -0.3 is 10.4 Å². The van der Waals surface area contributed by atoms with Gasteiger partial charge in [0.2, 0.25) is 0 Å². The number of carbonyl (C=O) groups is 1. The average molecular weight is 366 g/mol. The minimum absolute atomic E-state index is 0.0716. The van der Waals surface area contributed by atoms with E-state index in [-0.39, 0.29) is 23.2 Å². The zero-order chi connectivity index (χ0) is 17.7. The van der Waals surface area contributed by atoms with Crippen molar-refractivity contribution in [1.29, 1.82) is 0 Å². The third-order valence-electron chi connectivity index (χ3n) is 3.27. The number of nitrogens with zero attached hydrogens (tertiary/aromatic N) is 1. The molecule has 0 aliphatic carbocycles. The summed E-state index contributed by atoms with van der Waals surface area (Å²) in [5.41, 5.74) is 5.15. The summed E-state index contributed by atoms with van der Waals surface area (Å²) in [5.74, 6) is -0.447. The van der Waals surface area contributed by atoms with E-state index in [1.807, 2.05) is 31.2 Å². The lowest BCUT2D eigenvalue weighted by Crippen LogP contribution is -2.26. The van der Waals surface area contributed by atoms with Gasteiger partial charge in [-0.15, -0.1) is 0 Å². The molecule has 0 saturated carbocycles. The van der Waals surface area contributed by atoms with Crippen molar-refractivity contribution in [3.8, 4) is 5.75 Å². The molecule has 0 radical (unpaired) electrons. The van der Waals surface area contributed by atoms with E-state index in [9.17, 15) is 9.90 Å². The molecular weight excluding hydrogens is 349 g/mol. The van der Waals surface area contributed by atoms with E-state index in [2.05, 4.69) is 15.8 Å². The van der Waals surface area contributed by atoms with Crippen LogP contribution in [0.4, 0.5) is 5.69 Å². The molecule has 0 atom stereocenters. The van der Waals surface area contributed by atoms with Crippen molar-refractivity contribution in [2.75, 3.05) is 11.9 Å². The molecule has 0 aliphatic heterocycles. The maximum Gasteiger partial charge on any atom is 0.259 e. The number of phenolic OH excluding ortho intramolecular Hbond substituents is 1. The first kappa shape index (κ1) is 18.1. The van der Waals surface area contributed by atoms with E-state index in [0.29, 0.717) is 16.3 Å². The normalized spacial score (nSPS) is 11.2. The van der Waals surface area contributed by atoms with Gasteiger partial charge in [0.15, 0.2) is 0 Å². The Balaban J connectivity index is 1.97. The largest absolute Gasteiger partial charge is 0.506 e. The Morgan fingerprint density at radius 2 is 1.88 bits per heavy atom. The van der Waals surface area contributed by atoms with E-state index >= 15 is 0 Å². The zero-order valence-electron chi connectivity index (χ0n) is 13.2. The van der Waals surface area contributed by atoms with Crippen LogP contribution in [0.5, 0.6) is 5.75 Å². The van der Waals surface area contributed by atoms with Crippen LogP contribution < -0.4 is 10.7 Å². The van der Waals surface area contributed by atoms with Crippen LogP contribution in [-0.4, -0.2) is 23.3 Å². The van der Waals surface area contributed by atoms with Crippen molar-refractivity contribution >= 4 is 40.5 Å². The maximum atomic E-state index is 11.8. The molecule has 5 nitrogen and oxygen atoms in total. The highest BCUT2D eigenvalue weighted by atomic mass is 35.5. The summed E-state index contributed by atoms with van der Waals surface area (Å²) in [6.45, 7) is 3.70. The van der Waals surface area contributed by atoms with E-state index in [1.165, 1.54) is 12.1 Å². The van der Waals surface area contributed by atoms with Crippen LogP contribution in [0.15, 0.2) is 41.5 Å². The average Bonchev–Trinajstić information content (AvgIpc) is 2.55. The number of rotatable bonds is 5. The van der Waals surface area contributed by atoms with Gasteiger partial charge in [0.25, 0.3) is 5.91 Å². The van der Waals surface area contributed by atoms with Gasteiger partial charge in [0.05, 0.1) is 17.3 Å². The molecule has 2 rings (SSSR count). The third-order valence-corrected chi connectivity index (χ3v) is 3.78. The number of carbonyl (C=O) groups excluding carboxylic acids is 1. The lowest BCUT2D eigenvalue weighted by molar-refractivity contribution is -0.119. The molecule has 0 unspecified atom stereocenters. The highest BCUT2D eigenvalue weighted by Crippen LogP contribution is 2.31. The Labute approximate surface area is 150 Å². The third kappa shape index (κ3) is 4.88.